The maximum Gasteiger partial charge on any atom is 0.317 e. The number of carbonyl (C=O) groups is 1. The van der Waals surface area contributed by atoms with Crippen molar-refractivity contribution < 1.29 is 9.90 Å². The number of nitrogens with zero attached hydrogens (tertiary/aromatic N) is 4. The van der Waals surface area contributed by atoms with Crippen LogP contribution in [-0.4, -0.2) is 64.4 Å². The van der Waals surface area contributed by atoms with Gasteiger partial charge < -0.3 is 10.0 Å². The van der Waals surface area contributed by atoms with Crippen LogP contribution >= 0.6 is 0 Å². The quantitative estimate of drug-likeness (QED) is 0.818. The molecule has 0 aliphatic carbocycles. The Morgan fingerprint density at radius 1 is 1.33 bits per heavy atom. The molecule has 0 aliphatic heterocycles. The standard InChI is InChI=1S/C15H28N4O2/c1-15(2,3)14-12(9-18(6)16-14)10-19(11-13(20)21)8-7-17(4)5/h9H,7-8,10-11H2,1-6H3,(H,20,21). The Bertz CT molecular complexity index is 475. The van der Waals surface area contributed by atoms with Gasteiger partial charge in [0.05, 0.1) is 12.2 Å². The van der Waals surface area contributed by atoms with Crippen LogP contribution in [0.1, 0.15) is 32.0 Å². The van der Waals surface area contributed by atoms with Crippen molar-refractivity contribution in [2.75, 3.05) is 33.7 Å². The molecule has 1 rings (SSSR count). The predicted octanol–water partition coefficient (Wildman–Crippen LogP) is 1.17. The van der Waals surface area contributed by atoms with Gasteiger partial charge in [-0.2, -0.15) is 5.10 Å². The van der Waals surface area contributed by atoms with Crippen molar-refractivity contribution in [1.82, 2.24) is 19.6 Å². The smallest absolute Gasteiger partial charge is 0.317 e. The first-order chi connectivity index (χ1) is 9.59. The van der Waals surface area contributed by atoms with Crippen LogP contribution in [-0.2, 0) is 23.8 Å². The van der Waals surface area contributed by atoms with Gasteiger partial charge in [-0.25, -0.2) is 0 Å². The van der Waals surface area contributed by atoms with Crippen molar-refractivity contribution in [2.24, 2.45) is 7.05 Å². The van der Waals surface area contributed by atoms with Crippen molar-refractivity contribution >= 4 is 5.97 Å². The number of hydrogen-bond acceptors (Lipinski definition) is 4. The zero-order valence-electron chi connectivity index (χ0n) is 14.1. The fourth-order valence-corrected chi connectivity index (χ4v) is 2.27. The van der Waals surface area contributed by atoms with E-state index in [4.69, 9.17) is 5.11 Å². The lowest BCUT2D eigenvalue weighted by Gasteiger charge is -2.24. The van der Waals surface area contributed by atoms with E-state index in [0.717, 1.165) is 24.3 Å². The van der Waals surface area contributed by atoms with Crippen molar-refractivity contribution in [3.05, 3.63) is 17.5 Å². The fraction of sp³-hybridized carbons (Fsp3) is 0.733. The van der Waals surface area contributed by atoms with Crippen LogP contribution in [0, 0.1) is 0 Å². The van der Waals surface area contributed by atoms with E-state index in [1.165, 1.54) is 0 Å². The second kappa shape index (κ2) is 7.04. The molecule has 1 heterocycles. The number of hydrogen-bond donors (Lipinski definition) is 1. The van der Waals surface area contributed by atoms with Crippen LogP contribution in [0.4, 0.5) is 0 Å². The van der Waals surface area contributed by atoms with Crippen LogP contribution in [0.2, 0.25) is 0 Å². The molecule has 1 N–H and O–H groups in total. The molecule has 1 aromatic heterocycles. The van der Waals surface area contributed by atoms with E-state index in [0.29, 0.717) is 6.54 Å². The Hall–Kier alpha value is -1.40. The van der Waals surface area contributed by atoms with Gasteiger partial charge in [0.25, 0.3) is 0 Å². The van der Waals surface area contributed by atoms with Crippen molar-refractivity contribution in [1.29, 1.82) is 0 Å². The molecule has 1 aromatic rings. The first-order valence-corrected chi connectivity index (χ1v) is 7.21. The Labute approximate surface area is 127 Å². The van der Waals surface area contributed by atoms with E-state index < -0.39 is 5.97 Å². The topological polar surface area (TPSA) is 61.6 Å². The van der Waals surface area contributed by atoms with E-state index in [1.54, 1.807) is 4.68 Å². The molecule has 6 nitrogen and oxygen atoms in total. The largest absolute Gasteiger partial charge is 0.480 e. The molecule has 120 valence electrons. The third-order valence-corrected chi connectivity index (χ3v) is 3.23. The fourth-order valence-electron chi connectivity index (χ4n) is 2.27. The third kappa shape index (κ3) is 5.85. The van der Waals surface area contributed by atoms with Crippen LogP contribution in [0.3, 0.4) is 0 Å². The molecule has 0 bridgehead atoms. The van der Waals surface area contributed by atoms with Crippen molar-refractivity contribution in [3.8, 4) is 0 Å². The Balaban J connectivity index is 2.89. The van der Waals surface area contributed by atoms with Gasteiger partial charge in [0.2, 0.25) is 0 Å². The normalized spacial score (nSPS) is 12.4. The number of aromatic nitrogens is 2. The zero-order chi connectivity index (χ0) is 16.2. The highest BCUT2D eigenvalue weighted by atomic mass is 16.4. The van der Waals surface area contributed by atoms with Crippen LogP contribution in [0.5, 0.6) is 0 Å². The highest BCUT2D eigenvalue weighted by Crippen LogP contribution is 2.25. The molecule has 0 fully saturated rings. The maximum absolute atomic E-state index is 11.1. The molecule has 0 aliphatic rings. The number of aryl methyl sites for hydroxylation is 1. The summed E-state index contributed by atoms with van der Waals surface area (Å²) in [4.78, 5) is 15.1. The second-order valence-electron chi connectivity index (χ2n) is 6.83. The summed E-state index contributed by atoms with van der Waals surface area (Å²) in [6, 6.07) is 0. The van der Waals surface area contributed by atoms with E-state index in [9.17, 15) is 4.79 Å². The van der Waals surface area contributed by atoms with E-state index in [-0.39, 0.29) is 12.0 Å². The van der Waals surface area contributed by atoms with Gasteiger partial charge in [0.1, 0.15) is 0 Å². The first kappa shape index (κ1) is 17.7. The minimum absolute atomic E-state index is 0.0479. The second-order valence-corrected chi connectivity index (χ2v) is 6.83. The number of aliphatic carboxylic acids is 1. The van der Waals surface area contributed by atoms with Crippen molar-refractivity contribution in [2.45, 2.75) is 32.7 Å². The minimum atomic E-state index is -0.796. The molecule has 0 spiro atoms. The highest BCUT2D eigenvalue weighted by Gasteiger charge is 2.23. The number of rotatable bonds is 7. The predicted molar refractivity (Wildman–Crippen MR) is 83.4 cm³/mol. The molecular weight excluding hydrogens is 268 g/mol. The summed E-state index contributed by atoms with van der Waals surface area (Å²) >= 11 is 0. The summed E-state index contributed by atoms with van der Waals surface area (Å²) in [5.41, 5.74) is 2.09. The van der Waals surface area contributed by atoms with E-state index in [1.807, 2.05) is 32.2 Å². The van der Waals surface area contributed by atoms with Crippen LogP contribution in [0.25, 0.3) is 0 Å². The molecular formula is C15H28N4O2. The Morgan fingerprint density at radius 2 is 1.95 bits per heavy atom. The highest BCUT2D eigenvalue weighted by molar-refractivity contribution is 5.69. The minimum Gasteiger partial charge on any atom is -0.480 e. The van der Waals surface area contributed by atoms with Gasteiger partial charge in [-0.3, -0.25) is 14.4 Å². The lowest BCUT2D eigenvalue weighted by Crippen LogP contribution is -2.35. The third-order valence-electron chi connectivity index (χ3n) is 3.23. The van der Waals surface area contributed by atoms with E-state index >= 15 is 0 Å². The summed E-state index contributed by atoms with van der Waals surface area (Å²) in [6.07, 6.45) is 1.99. The molecule has 0 amide bonds. The number of carboxylic acids is 1. The molecule has 0 saturated heterocycles. The molecule has 21 heavy (non-hydrogen) atoms. The first-order valence-electron chi connectivity index (χ1n) is 7.21. The van der Waals surface area contributed by atoms with Crippen LogP contribution < -0.4 is 0 Å². The molecule has 0 aromatic carbocycles. The van der Waals surface area contributed by atoms with Gasteiger partial charge in [0, 0.05) is 43.9 Å². The summed E-state index contributed by atoms with van der Waals surface area (Å²) in [5.74, 6) is -0.796. The van der Waals surface area contributed by atoms with E-state index in [2.05, 4.69) is 30.8 Å². The Morgan fingerprint density at radius 3 is 2.43 bits per heavy atom. The summed E-state index contributed by atoms with van der Waals surface area (Å²) < 4.78 is 1.81. The van der Waals surface area contributed by atoms with Gasteiger partial charge in [-0.05, 0) is 14.1 Å². The van der Waals surface area contributed by atoms with Crippen LogP contribution in [0.15, 0.2) is 6.20 Å². The average Bonchev–Trinajstić information content (AvgIpc) is 2.66. The van der Waals surface area contributed by atoms with Gasteiger partial charge in [-0.1, -0.05) is 20.8 Å². The van der Waals surface area contributed by atoms with Gasteiger partial charge in [0.15, 0.2) is 0 Å². The molecule has 0 saturated carbocycles. The Kier molecular flexibility index (Phi) is 5.92. The molecule has 6 heteroatoms. The molecule has 0 unspecified atom stereocenters. The maximum atomic E-state index is 11.1. The lowest BCUT2D eigenvalue weighted by atomic mass is 9.89. The average molecular weight is 296 g/mol. The van der Waals surface area contributed by atoms with Gasteiger partial charge >= 0.3 is 5.97 Å². The summed E-state index contributed by atoms with van der Waals surface area (Å²) in [5, 5.41) is 13.6. The summed E-state index contributed by atoms with van der Waals surface area (Å²) in [7, 11) is 5.88. The zero-order valence-corrected chi connectivity index (χ0v) is 14.1. The number of carboxylic acid groups (broad SMARTS) is 1. The van der Waals surface area contributed by atoms with Gasteiger partial charge in [-0.15, -0.1) is 0 Å². The summed E-state index contributed by atoms with van der Waals surface area (Å²) in [6.45, 7) is 8.59. The lowest BCUT2D eigenvalue weighted by molar-refractivity contribution is -0.138. The molecule has 0 atom stereocenters. The molecule has 0 radical (unpaired) electrons. The monoisotopic (exact) mass is 296 g/mol. The SMILES string of the molecule is CN(C)CCN(CC(=O)O)Cc1cn(C)nc1C(C)(C)C. The number of likely N-dealkylation sites (N-methyl/N-ethyl adjacent to an activating group) is 1. The van der Waals surface area contributed by atoms with Crippen molar-refractivity contribution in [3.63, 3.8) is 0 Å².